The van der Waals surface area contributed by atoms with Crippen LogP contribution in [0.3, 0.4) is 0 Å². The molecule has 128 valence electrons. The topological polar surface area (TPSA) is 12.5 Å². The number of nitrogens with zero attached hydrogens (tertiary/aromatic N) is 1. The van der Waals surface area contributed by atoms with Crippen molar-refractivity contribution >= 4 is 34.2 Å². The van der Waals surface area contributed by atoms with Gasteiger partial charge in [-0.2, -0.15) is 0 Å². The number of hydrogen-bond acceptors (Lipinski definition) is 2. The molecule has 2 aromatic carbocycles. The van der Waals surface area contributed by atoms with Crippen molar-refractivity contribution in [3.05, 3.63) is 68.0 Å². The summed E-state index contributed by atoms with van der Waals surface area (Å²) in [5, 5.41) is 0.744. The first kappa shape index (κ1) is 18.1. The van der Waals surface area contributed by atoms with Crippen LogP contribution in [0.5, 0.6) is 0 Å². The summed E-state index contributed by atoms with van der Waals surface area (Å²) in [4.78, 5) is 2.32. The Morgan fingerprint density at radius 3 is 2.83 bits per heavy atom. The Bertz CT molecular complexity index is 691. The number of halogens is 3. The van der Waals surface area contributed by atoms with E-state index in [2.05, 4.69) is 27.5 Å². The molecule has 0 radical (unpaired) electrons. The van der Waals surface area contributed by atoms with Crippen molar-refractivity contribution in [3.8, 4) is 0 Å². The third kappa shape index (κ3) is 5.15. The molecule has 0 saturated carbocycles. The third-order valence-corrected chi connectivity index (χ3v) is 5.47. The molecule has 0 aromatic heterocycles. The zero-order valence-electron chi connectivity index (χ0n) is 13.4. The monoisotopic (exact) mass is 459 g/mol. The molecule has 2 nitrogen and oxygen atoms in total. The Balaban J connectivity index is 1.76. The quantitative estimate of drug-likeness (QED) is 0.546. The predicted octanol–water partition coefficient (Wildman–Crippen LogP) is 5.26. The second kappa shape index (κ2) is 8.61. The molecule has 1 saturated heterocycles. The summed E-state index contributed by atoms with van der Waals surface area (Å²) >= 11 is 8.49. The van der Waals surface area contributed by atoms with Gasteiger partial charge in [0.1, 0.15) is 5.82 Å². The fourth-order valence-electron chi connectivity index (χ4n) is 3.06. The van der Waals surface area contributed by atoms with Crippen LogP contribution >= 0.6 is 34.2 Å². The van der Waals surface area contributed by atoms with E-state index in [1.165, 1.54) is 15.2 Å². The van der Waals surface area contributed by atoms with Crippen LogP contribution in [0, 0.1) is 9.39 Å². The normalized spacial score (nSPS) is 17.6. The molecule has 1 aliphatic rings. The fraction of sp³-hybridized carbons (Fsp3) is 0.368. The summed E-state index contributed by atoms with van der Waals surface area (Å²) in [5.74, 6) is -0.193. The molecule has 5 heteroatoms. The van der Waals surface area contributed by atoms with E-state index in [-0.39, 0.29) is 11.9 Å². The van der Waals surface area contributed by atoms with Gasteiger partial charge in [-0.05, 0) is 76.9 Å². The van der Waals surface area contributed by atoms with Gasteiger partial charge in [0, 0.05) is 34.8 Å². The minimum absolute atomic E-state index is 0.193. The predicted molar refractivity (Wildman–Crippen MR) is 104 cm³/mol. The molecule has 3 rings (SSSR count). The largest absolute Gasteiger partial charge is 0.377 e. The van der Waals surface area contributed by atoms with Crippen molar-refractivity contribution in [2.24, 2.45) is 0 Å². The molecular weight excluding hydrogens is 440 g/mol. The molecule has 0 bridgehead atoms. The maximum atomic E-state index is 13.5. The number of benzene rings is 2. The molecule has 0 N–H and O–H groups in total. The van der Waals surface area contributed by atoms with Crippen molar-refractivity contribution in [1.82, 2.24) is 4.90 Å². The molecule has 1 heterocycles. The molecule has 1 aliphatic heterocycles. The molecular formula is C19H20ClFINO. The van der Waals surface area contributed by atoms with Gasteiger partial charge >= 0.3 is 0 Å². The lowest BCUT2D eigenvalue weighted by molar-refractivity contribution is 0.0678. The SMILES string of the molecule is Fc1cccc(CN(Cc2cc(Cl)ccc2I)CC2CCCO2)c1. The van der Waals surface area contributed by atoms with Gasteiger partial charge in [-0.25, -0.2) is 4.39 Å². The highest BCUT2D eigenvalue weighted by molar-refractivity contribution is 14.1. The average Bonchev–Trinajstić information content (AvgIpc) is 3.04. The van der Waals surface area contributed by atoms with Crippen molar-refractivity contribution in [1.29, 1.82) is 0 Å². The Labute approximate surface area is 161 Å². The van der Waals surface area contributed by atoms with Crippen LogP contribution in [0.2, 0.25) is 5.02 Å². The van der Waals surface area contributed by atoms with Crippen molar-refractivity contribution in [2.75, 3.05) is 13.2 Å². The van der Waals surface area contributed by atoms with E-state index < -0.39 is 0 Å². The maximum Gasteiger partial charge on any atom is 0.123 e. The van der Waals surface area contributed by atoms with Gasteiger partial charge in [0.15, 0.2) is 0 Å². The van der Waals surface area contributed by atoms with E-state index in [1.54, 1.807) is 12.1 Å². The number of rotatable bonds is 6. The van der Waals surface area contributed by atoms with E-state index in [9.17, 15) is 4.39 Å². The molecule has 0 spiro atoms. The minimum atomic E-state index is -0.193. The van der Waals surface area contributed by atoms with E-state index in [0.29, 0.717) is 6.54 Å². The van der Waals surface area contributed by atoms with Crippen LogP contribution in [-0.2, 0) is 17.8 Å². The second-order valence-electron chi connectivity index (χ2n) is 6.17. The van der Waals surface area contributed by atoms with Crippen LogP contribution in [-0.4, -0.2) is 24.2 Å². The zero-order valence-corrected chi connectivity index (χ0v) is 16.3. The van der Waals surface area contributed by atoms with Gasteiger partial charge in [-0.15, -0.1) is 0 Å². The van der Waals surface area contributed by atoms with Crippen LogP contribution in [0.1, 0.15) is 24.0 Å². The fourth-order valence-corrected chi connectivity index (χ4v) is 3.76. The van der Waals surface area contributed by atoms with Crippen LogP contribution < -0.4 is 0 Å². The molecule has 24 heavy (non-hydrogen) atoms. The molecule has 1 atom stereocenters. The third-order valence-electron chi connectivity index (χ3n) is 4.18. The van der Waals surface area contributed by atoms with Gasteiger partial charge in [0.05, 0.1) is 6.10 Å². The van der Waals surface area contributed by atoms with Crippen molar-refractivity contribution < 1.29 is 9.13 Å². The smallest absolute Gasteiger partial charge is 0.123 e. The first-order chi connectivity index (χ1) is 11.6. The Morgan fingerprint density at radius 2 is 2.08 bits per heavy atom. The molecule has 1 fully saturated rings. The highest BCUT2D eigenvalue weighted by atomic mass is 127. The summed E-state index contributed by atoms with van der Waals surface area (Å²) in [6, 6.07) is 12.8. The lowest BCUT2D eigenvalue weighted by Gasteiger charge is -2.26. The molecule has 2 aromatic rings. The van der Waals surface area contributed by atoms with E-state index in [1.807, 2.05) is 24.3 Å². The van der Waals surface area contributed by atoms with Crippen LogP contribution in [0.25, 0.3) is 0 Å². The van der Waals surface area contributed by atoms with Crippen LogP contribution in [0.4, 0.5) is 4.39 Å². The van der Waals surface area contributed by atoms with Crippen molar-refractivity contribution in [3.63, 3.8) is 0 Å². The van der Waals surface area contributed by atoms with Gasteiger partial charge in [0.25, 0.3) is 0 Å². The maximum absolute atomic E-state index is 13.5. The Hall–Kier alpha value is -0.690. The second-order valence-corrected chi connectivity index (χ2v) is 7.77. The zero-order chi connectivity index (χ0) is 16.9. The van der Waals surface area contributed by atoms with Gasteiger partial charge < -0.3 is 4.74 Å². The summed E-state index contributed by atoms with van der Waals surface area (Å²) in [6.45, 7) is 3.15. The van der Waals surface area contributed by atoms with Gasteiger partial charge in [0.2, 0.25) is 0 Å². The van der Waals surface area contributed by atoms with Gasteiger partial charge in [-0.3, -0.25) is 4.90 Å². The highest BCUT2D eigenvalue weighted by Crippen LogP contribution is 2.22. The summed E-state index contributed by atoms with van der Waals surface area (Å²) in [7, 11) is 0. The first-order valence-electron chi connectivity index (χ1n) is 8.12. The van der Waals surface area contributed by atoms with Crippen LogP contribution in [0.15, 0.2) is 42.5 Å². The first-order valence-corrected chi connectivity index (χ1v) is 9.58. The van der Waals surface area contributed by atoms with E-state index >= 15 is 0 Å². The molecule has 0 aliphatic carbocycles. The summed E-state index contributed by atoms with van der Waals surface area (Å²) in [6.07, 6.45) is 2.47. The average molecular weight is 460 g/mol. The summed E-state index contributed by atoms with van der Waals surface area (Å²) < 4.78 is 20.5. The Morgan fingerprint density at radius 1 is 1.21 bits per heavy atom. The van der Waals surface area contributed by atoms with E-state index in [4.69, 9.17) is 16.3 Å². The number of hydrogen-bond donors (Lipinski definition) is 0. The lowest BCUT2D eigenvalue weighted by Crippen LogP contribution is -2.31. The standard InChI is InChI=1S/C19H20ClFINO/c20-16-6-7-19(22)15(10-16)12-23(13-18-5-2-8-24-18)11-14-3-1-4-17(21)9-14/h1,3-4,6-7,9-10,18H,2,5,8,11-13H2. The Kier molecular flexibility index (Phi) is 6.49. The van der Waals surface area contributed by atoms with Crippen molar-refractivity contribution in [2.45, 2.75) is 32.0 Å². The molecule has 1 unspecified atom stereocenters. The summed E-state index contributed by atoms with van der Waals surface area (Å²) in [5.41, 5.74) is 2.17. The molecule has 0 amide bonds. The van der Waals surface area contributed by atoms with Gasteiger partial charge in [-0.1, -0.05) is 23.7 Å². The number of ether oxygens (including phenoxy) is 1. The minimum Gasteiger partial charge on any atom is -0.377 e. The van der Waals surface area contributed by atoms with E-state index in [0.717, 1.165) is 43.1 Å². The lowest BCUT2D eigenvalue weighted by atomic mass is 10.1. The highest BCUT2D eigenvalue weighted by Gasteiger charge is 2.20.